The highest BCUT2D eigenvalue weighted by molar-refractivity contribution is 4.93. The Morgan fingerprint density at radius 2 is 1.43 bits per heavy atom. The van der Waals surface area contributed by atoms with Crippen molar-refractivity contribution in [1.82, 2.24) is 0 Å². The van der Waals surface area contributed by atoms with Crippen molar-refractivity contribution in [3.8, 4) is 0 Å². The summed E-state index contributed by atoms with van der Waals surface area (Å²) in [6.45, 7) is -0.310. The van der Waals surface area contributed by atoms with Gasteiger partial charge in [-0.25, -0.2) is 0 Å². The quantitative estimate of drug-likeness (QED) is 0.244. The number of hydrogen-bond acceptors (Lipinski definition) is 3. The van der Waals surface area contributed by atoms with Crippen molar-refractivity contribution in [2.24, 2.45) is 5.73 Å². The fourth-order valence-electron chi connectivity index (χ4n) is 2.36. The Balaban J connectivity index is 3.41. The molecule has 4 N–H and O–H groups in total. The molecule has 2 atom stereocenters. The third kappa shape index (κ3) is 14.3. The van der Waals surface area contributed by atoms with Crippen molar-refractivity contribution in [3.05, 3.63) is 12.2 Å². The average Bonchev–Trinajstić information content (AvgIpc) is 2.50. The Hall–Kier alpha value is -0.380. The fourth-order valence-corrected chi connectivity index (χ4v) is 2.36. The molecule has 21 heavy (non-hydrogen) atoms. The van der Waals surface area contributed by atoms with Crippen LogP contribution in [-0.4, -0.2) is 28.9 Å². The molecule has 0 radical (unpaired) electrons. The summed E-state index contributed by atoms with van der Waals surface area (Å²) in [5, 5.41) is 18.7. The molecule has 126 valence electrons. The normalized spacial score (nSPS) is 16.8. The third-order valence-electron chi connectivity index (χ3n) is 3.82. The van der Waals surface area contributed by atoms with Gasteiger partial charge in [-0.2, -0.15) is 0 Å². The van der Waals surface area contributed by atoms with E-state index in [0.29, 0.717) is 0 Å². The highest BCUT2D eigenvalue weighted by Gasteiger charge is 2.08. The lowest BCUT2D eigenvalue weighted by Crippen LogP contribution is -2.36. The minimum Gasteiger partial charge on any atom is -0.395 e. The lowest BCUT2D eigenvalue weighted by molar-refractivity contribution is 0.144. The molecular formula is C18H37NO2. The smallest absolute Gasteiger partial charge is 0.0894 e. The van der Waals surface area contributed by atoms with Crippen LogP contribution in [0, 0.1) is 0 Å². The van der Waals surface area contributed by atoms with E-state index >= 15 is 0 Å². The molecular weight excluding hydrogens is 264 g/mol. The standard InChI is InChI=1S/C18H37NO2/c1-2-3-4-5-6-7-8-9-10-11-12-13-14-15-18(21)17(19)16-20/h14-15,17-18,20-21H,2-13,16,19H2,1H3/b15-14+/t17-,18+/m1/s1/i16+1D2,17+1. The molecule has 0 spiro atoms. The van der Waals surface area contributed by atoms with Crippen LogP contribution >= 0.6 is 0 Å². The summed E-state index contributed by atoms with van der Waals surface area (Å²) in [5.74, 6) is 0. The fraction of sp³-hybridized carbons (Fsp3) is 0.889. The zero-order chi connectivity index (χ0) is 17.6. The van der Waals surface area contributed by atoms with Crippen LogP contribution in [0.5, 0.6) is 0 Å². The first-order valence-corrected chi connectivity index (χ1v) is 8.72. The van der Waals surface area contributed by atoms with E-state index in [2.05, 4.69) is 6.92 Å². The summed E-state index contributed by atoms with van der Waals surface area (Å²) in [5.41, 5.74) is 5.42. The minimum absolute atomic E-state index is 0.856. The van der Waals surface area contributed by atoms with Gasteiger partial charge in [-0.1, -0.05) is 83.3 Å². The second-order valence-corrected chi connectivity index (χ2v) is 5.90. The topological polar surface area (TPSA) is 66.5 Å². The summed E-state index contributed by atoms with van der Waals surface area (Å²) in [7, 11) is 0. The number of aliphatic hydroxyl groups is 2. The third-order valence-corrected chi connectivity index (χ3v) is 3.82. The van der Waals surface area contributed by atoms with E-state index in [1.54, 1.807) is 0 Å². The molecule has 0 aromatic rings. The van der Waals surface area contributed by atoms with Gasteiger partial charge in [0.25, 0.3) is 0 Å². The highest BCUT2D eigenvalue weighted by atomic mass is 16.3. The highest BCUT2D eigenvalue weighted by Crippen LogP contribution is 2.12. The molecule has 0 unspecified atom stereocenters. The Bertz CT molecular complexity index is 293. The maximum Gasteiger partial charge on any atom is 0.0894 e. The molecule has 0 amide bonds. The van der Waals surface area contributed by atoms with Crippen molar-refractivity contribution < 1.29 is 13.0 Å². The van der Waals surface area contributed by atoms with Gasteiger partial charge in [-0.05, 0) is 12.8 Å². The largest absolute Gasteiger partial charge is 0.395 e. The van der Waals surface area contributed by atoms with Gasteiger partial charge in [0.05, 0.1) is 21.4 Å². The Morgan fingerprint density at radius 3 is 1.90 bits per heavy atom. The molecule has 0 saturated carbocycles. The summed E-state index contributed by atoms with van der Waals surface area (Å²) in [4.78, 5) is 0. The van der Waals surface area contributed by atoms with E-state index in [1.807, 2.05) is 6.08 Å². The summed E-state index contributed by atoms with van der Waals surface area (Å²) in [6, 6.07) is -1.31. The molecule has 3 nitrogen and oxygen atoms in total. The SMILES string of the molecule is [2H][13C]([2H])(O)[13C@@H](N)[C@@H](O)/C=C/CCCCCCCCCCCCC. The monoisotopic (exact) mass is 303 g/mol. The summed E-state index contributed by atoms with van der Waals surface area (Å²) >= 11 is 0. The van der Waals surface area contributed by atoms with Crippen LogP contribution < -0.4 is 5.73 Å². The van der Waals surface area contributed by atoms with Crippen molar-refractivity contribution in [3.63, 3.8) is 0 Å². The predicted octanol–water partition coefficient (Wildman–Crippen LogP) is 3.92. The second-order valence-electron chi connectivity index (χ2n) is 5.90. The molecule has 0 rings (SSSR count). The van der Waals surface area contributed by atoms with E-state index < -0.39 is 18.7 Å². The lowest BCUT2D eigenvalue weighted by atomic mass is 10.1. The molecule has 0 aliphatic heterocycles. The van der Waals surface area contributed by atoms with Crippen LogP contribution in [0.1, 0.15) is 86.7 Å². The Kier molecular flexibility index (Phi) is 12.9. The second kappa shape index (κ2) is 16.0. The number of allylic oxidation sites excluding steroid dienone is 1. The molecule has 0 aliphatic carbocycles. The predicted molar refractivity (Wildman–Crippen MR) is 91.3 cm³/mol. The zero-order valence-electron chi connectivity index (χ0n) is 15.8. The van der Waals surface area contributed by atoms with Gasteiger partial charge in [0, 0.05) is 0 Å². The van der Waals surface area contributed by atoms with Gasteiger partial charge >= 0.3 is 0 Å². The average molecular weight is 303 g/mol. The number of rotatable bonds is 15. The summed E-state index contributed by atoms with van der Waals surface area (Å²) in [6.07, 6.45) is 17.3. The Labute approximate surface area is 134 Å². The van der Waals surface area contributed by atoms with Gasteiger partial charge in [-0.15, -0.1) is 0 Å². The van der Waals surface area contributed by atoms with E-state index in [-0.39, 0.29) is 0 Å². The molecule has 0 aromatic heterocycles. The van der Waals surface area contributed by atoms with Gasteiger partial charge in [0.2, 0.25) is 0 Å². The molecule has 0 aromatic carbocycles. The van der Waals surface area contributed by atoms with E-state index in [0.717, 1.165) is 12.8 Å². The Morgan fingerprint density at radius 1 is 0.952 bits per heavy atom. The van der Waals surface area contributed by atoms with Gasteiger partial charge in [-0.3, -0.25) is 0 Å². The first-order chi connectivity index (χ1) is 10.9. The maximum absolute atomic E-state index is 9.62. The molecule has 0 heterocycles. The van der Waals surface area contributed by atoms with Crippen LogP contribution in [0.2, 0.25) is 0 Å². The molecule has 3 heteroatoms. The van der Waals surface area contributed by atoms with E-state index in [1.165, 1.54) is 70.3 Å². The van der Waals surface area contributed by atoms with Crippen molar-refractivity contribution in [2.45, 2.75) is 96.1 Å². The van der Waals surface area contributed by atoms with Crippen LogP contribution in [0.15, 0.2) is 12.2 Å². The van der Waals surface area contributed by atoms with Crippen molar-refractivity contribution in [1.29, 1.82) is 0 Å². The molecule has 0 saturated heterocycles. The number of hydrogen-bond donors (Lipinski definition) is 3. The zero-order valence-corrected chi connectivity index (χ0v) is 13.8. The van der Waals surface area contributed by atoms with Crippen molar-refractivity contribution in [2.75, 3.05) is 6.56 Å². The molecule has 0 aliphatic rings. The van der Waals surface area contributed by atoms with Crippen LogP contribution in [-0.2, 0) is 0 Å². The number of aliphatic hydroxyl groups excluding tert-OH is 1. The first-order valence-electron chi connectivity index (χ1n) is 9.72. The molecule has 0 fully saturated rings. The van der Waals surface area contributed by atoms with Crippen LogP contribution in [0.4, 0.5) is 0 Å². The molecule has 0 bridgehead atoms. The van der Waals surface area contributed by atoms with E-state index in [9.17, 15) is 5.11 Å². The van der Waals surface area contributed by atoms with Crippen LogP contribution in [0.25, 0.3) is 0 Å². The summed E-state index contributed by atoms with van der Waals surface area (Å²) < 4.78 is 14.1. The van der Waals surface area contributed by atoms with Crippen molar-refractivity contribution >= 4 is 0 Å². The van der Waals surface area contributed by atoms with Gasteiger partial charge in [0.15, 0.2) is 0 Å². The minimum atomic E-state index is -2.56. The van der Waals surface area contributed by atoms with Crippen LogP contribution in [0.3, 0.4) is 0 Å². The lowest BCUT2D eigenvalue weighted by Gasteiger charge is -2.11. The van der Waals surface area contributed by atoms with Gasteiger partial charge in [0.1, 0.15) is 0 Å². The maximum atomic E-state index is 9.62. The number of unbranched alkanes of at least 4 members (excludes halogenated alkanes) is 11. The van der Waals surface area contributed by atoms with Gasteiger partial charge < -0.3 is 15.9 Å². The number of nitrogens with two attached hydrogens (primary N) is 1. The van der Waals surface area contributed by atoms with E-state index in [4.69, 9.17) is 13.6 Å². The first kappa shape index (κ1) is 17.0.